The topological polar surface area (TPSA) is 139 Å². The van der Waals surface area contributed by atoms with E-state index in [-0.39, 0.29) is 5.82 Å². The number of aromatic nitrogens is 4. The van der Waals surface area contributed by atoms with Crippen molar-refractivity contribution in [3.8, 4) is 5.75 Å². The van der Waals surface area contributed by atoms with E-state index in [0.717, 1.165) is 5.56 Å². The number of H-pyrrole nitrogens is 2. The van der Waals surface area contributed by atoms with Crippen molar-refractivity contribution in [1.82, 2.24) is 19.9 Å². The van der Waals surface area contributed by atoms with Gasteiger partial charge in [0.25, 0.3) is 5.56 Å². The predicted molar refractivity (Wildman–Crippen MR) is 91.3 cm³/mol. The van der Waals surface area contributed by atoms with E-state index >= 15 is 0 Å². The molecule has 9 heteroatoms. The van der Waals surface area contributed by atoms with Crippen LogP contribution in [0, 0.1) is 0 Å². The van der Waals surface area contributed by atoms with Crippen molar-refractivity contribution in [2.75, 3.05) is 18.2 Å². The van der Waals surface area contributed by atoms with Crippen LogP contribution in [0.3, 0.4) is 0 Å². The van der Waals surface area contributed by atoms with Crippen LogP contribution in [0.5, 0.6) is 5.75 Å². The van der Waals surface area contributed by atoms with Crippen molar-refractivity contribution in [3.63, 3.8) is 0 Å². The van der Waals surface area contributed by atoms with Crippen LogP contribution in [0.25, 0.3) is 0 Å². The second kappa shape index (κ2) is 5.48. The summed E-state index contributed by atoms with van der Waals surface area (Å²) in [6.45, 7) is 0. The molecule has 25 heavy (non-hydrogen) atoms. The van der Waals surface area contributed by atoms with Crippen molar-refractivity contribution in [3.05, 3.63) is 68.1 Å². The molecule has 1 unspecified atom stereocenters. The smallest absolute Gasteiger partial charge is 0.327 e. The van der Waals surface area contributed by atoms with Gasteiger partial charge in [-0.1, -0.05) is 12.1 Å². The van der Waals surface area contributed by atoms with Gasteiger partial charge in [-0.25, -0.2) is 14.8 Å². The summed E-state index contributed by atoms with van der Waals surface area (Å²) < 4.78 is 5.18. The van der Waals surface area contributed by atoms with Gasteiger partial charge in [0.1, 0.15) is 29.5 Å². The summed E-state index contributed by atoms with van der Waals surface area (Å²) in [5.74, 6) is 1.15. The molecule has 0 saturated carbocycles. The number of aromatic amines is 2. The van der Waals surface area contributed by atoms with Gasteiger partial charge in [-0.05, 0) is 17.7 Å². The number of rotatable bonds is 2. The summed E-state index contributed by atoms with van der Waals surface area (Å²) in [6, 6.07) is 7.24. The second-order valence-electron chi connectivity index (χ2n) is 5.55. The van der Waals surface area contributed by atoms with Crippen LogP contribution in [0.15, 0.2) is 40.2 Å². The zero-order valence-corrected chi connectivity index (χ0v) is 13.2. The number of ether oxygens (including phenoxy) is 1. The first-order chi connectivity index (χ1) is 12.1. The van der Waals surface area contributed by atoms with E-state index in [1.165, 1.54) is 6.33 Å². The monoisotopic (exact) mass is 338 g/mol. The number of hydrogen-bond donors (Lipinski definition) is 4. The molecule has 0 amide bonds. The Hall–Kier alpha value is -3.62. The Balaban J connectivity index is 2.02. The second-order valence-corrected chi connectivity index (χ2v) is 5.55. The Labute approximate surface area is 140 Å². The van der Waals surface area contributed by atoms with Gasteiger partial charge in [0.05, 0.1) is 18.6 Å². The minimum absolute atomic E-state index is 0.259. The highest BCUT2D eigenvalue weighted by molar-refractivity contribution is 5.74. The lowest BCUT2D eigenvalue weighted by atomic mass is 9.84. The number of benzene rings is 1. The average Bonchev–Trinajstić information content (AvgIpc) is 2.60. The number of nitrogens with zero attached hydrogens (tertiary/aromatic N) is 2. The summed E-state index contributed by atoms with van der Waals surface area (Å²) in [4.78, 5) is 37.2. The van der Waals surface area contributed by atoms with Gasteiger partial charge >= 0.3 is 5.69 Å². The molecule has 3 aromatic rings. The number of methoxy groups -OCH3 is 1. The lowest BCUT2D eigenvalue weighted by molar-refractivity contribution is 0.414. The molecular weight excluding hydrogens is 324 g/mol. The third kappa shape index (κ3) is 2.33. The number of nitrogen functional groups attached to an aromatic ring is 1. The van der Waals surface area contributed by atoms with Gasteiger partial charge < -0.3 is 15.8 Å². The Morgan fingerprint density at radius 2 is 1.84 bits per heavy atom. The maximum atomic E-state index is 12.5. The number of nitrogens with two attached hydrogens (primary N) is 1. The Morgan fingerprint density at radius 1 is 1.08 bits per heavy atom. The third-order valence-corrected chi connectivity index (χ3v) is 4.16. The summed E-state index contributed by atoms with van der Waals surface area (Å²) in [6.07, 6.45) is 1.32. The largest absolute Gasteiger partial charge is 0.497 e. The van der Waals surface area contributed by atoms with Crippen molar-refractivity contribution in [1.29, 1.82) is 0 Å². The molecule has 3 heterocycles. The van der Waals surface area contributed by atoms with E-state index < -0.39 is 17.2 Å². The Morgan fingerprint density at radius 3 is 2.56 bits per heavy atom. The molecule has 9 nitrogen and oxygen atoms in total. The van der Waals surface area contributed by atoms with Gasteiger partial charge in [-0.3, -0.25) is 14.8 Å². The zero-order chi connectivity index (χ0) is 17.6. The zero-order valence-electron chi connectivity index (χ0n) is 13.2. The molecule has 0 saturated heterocycles. The standard InChI is InChI=1S/C16H14N6O3/c1-25-8-4-2-7(3-5-8)9-10-12(17)18-6-19-13(10)20-14-11(9)15(23)22-16(24)21-14/h2-6,9H,1H3,(H5,17,18,19,20,21,22,23,24). The van der Waals surface area contributed by atoms with E-state index in [1.54, 1.807) is 19.2 Å². The van der Waals surface area contributed by atoms with Crippen LogP contribution in [0.4, 0.5) is 17.5 Å². The van der Waals surface area contributed by atoms with Gasteiger partial charge in [0, 0.05) is 5.56 Å². The Bertz CT molecular complexity index is 1070. The number of nitrogens with one attached hydrogen (secondary N) is 3. The molecule has 0 bridgehead atoms. The van der Waals surface area contributed by atoms with E-state index in [1.807, 2.05) is 12.1 Å². The third-order valence-electron chi connectivity index (χ3n) is 4.16. The lowest BCUT2D eigenvalue weighted by Crippen LogP contribution is -2.32. The lowest BCUT2D eigenvalue weighted by Gasteiger charge is -2.28. The van der Waals surface area contributed by atoms with Gasteiger partial charge in [-0.2, -0.15) is 0 Å². The summed E-state index contributed by atoms with van der Waals surface area (Å²) in [7, 11) is 1.57. The Kier molecular flexibility index (Phi) is 3.27. The van der Waals surface area contributed by atoms with Crippen LogP contribution in [-0.4, -0.2) is 27.0 Å². The quantitative estimate of drug-likeness (QED) is 0.421. The highest BCUT2D eigenvalue weighted by atomic mass is 16.5. The molecule has 0 aliphatic carbocycles. The molecule has 1 aliphatic heterocycles. The predicted octanol–water partition coefficient (Wildman–Crippen LogP) is 0.681. The fourth-order valence-electron chi connectivity index (χ4n) is 3.06. The van der Waals surface area contributed by atoms with Crippen LogP contribution in [-0.2, 0) is 0 Å². The van der Waals surface area contributed by atoms with Crippen molar-refractivity contribution >= 4 is 17.5 Å². The molecular formula is C16H14N6O3. The van der Waals surface area contributed by atoms with E-state index in [4.69, 9.17) is 10.5 Å². The van der Waals surface area contributed by atoms with E-state index in [2.05, 4.69) is 25.3 Å². The normalized spacial score (nSPS) is 15.0. The van der Waals surface area contributed by atoms with Crippen molar-refractivity contribution in [2.24, 2.45) is 0 Å². The molecule has 0 radical (unpaired) electrons. The molecule has 0 fully saturated rings. The molecule has 126 valence electrons. The molecule has 0 spiro atoms. The summed E-state index contributed by atoms with van der Waals surface area (Å²) >= 11 is 0. The van der Waals surface area contributed by atoms with E-state index in [0.29, 0.717) is 28.5 Å². The molecule has 5 N–H and O–H groups in total. The fourth-order valence-corrected chi connectivity index (χ4v) is 3.06. The summed E-state index contributed by atoms with van der Waals surface area (Å²) in [5, 5.41) is 2.95. The highest BCUT2D eigenvalue weighted by Gasteiger charge is 2.33. The van der Waals surface area contributed by atoms with Gasteiger partial charge in [0.2, 0.25) is 0 Å². The average molecular weight is 338 g/mol. The molecule has 1 aromatic carbocycles. The van der Waals surface area contributed by atoms with Crippen LogP contribution in [0.1, 0.15) is 22.6 Å². The summed E-state index contributed by atoms with van der Waals surface area (Å²) in [5.41, 5.74) is 6.68. The van der Waals surface area contributed by atoms with Crippen molar-refractivity contribution in [2.45, 2.75) is 5.92 Å². The van der Waals surface area contributed by atoms with E-state index in [9.17, 15) is 9.59 Å². The maximum Gasteiger partial charge on any atom is 0.327 e. The first-order valence-corrected chi connectivity index (χ1v) is 7.46. The number of anilines is 3. The highest BCUT2D eigenvalue weighted by Crippen LogP contribution is 2.43. The van der Waals surface area contributed by atoms with Gasteiger partial charge in [-0.15, -0.1) is 0 Å². The first kappa shape index (κ1) is 14.9. The van der Waals surface area contributed by atoms with Crippen molar-refractivity contribution < 1.29 is 4.74 Å². The van der Waals surface area contributed by atoms with Crippen LogP contribution in [0.2, 0.25) is 0 Å². The molecule has 4 rings (SSSR count). The fraction of sp³-hybridized carbons (Fsp3) is 0.125. The minimum atomic E-state index is -0.602. The van der Waals surface area contributed by atoms with Crippen LogP contribution < -0.4 is 27.0 Å². The number of fused-ring (bicyclic) bond motifs is 2. The SMILES string of the molecule is COc1ccc(C2c3c(N)ncnc3Nc3[nH]c(=O)[nH]c(=O)c32)cc1. The number of hydrogen-bond acceptors (Lipinski definition) is 7. The minimum Gasteiger partial charge on any atom is -0.497 e. The van der Waals surface area contributed by atoms with Crippen LogP contribution >= 0.6 is 0 Å². The molecule has 2 aromatic heterocycles. The first-order valence-electron chi connectivity index (χ1n) is 7.46. The molecule has 1 atom stereocenters. The molecule has 1 aliphatic rings. The maximum absolute atomic E-state index is 12.5. The van der Waals surface area contributed by atoms with Gasteiger partial charge in [0.15, 0.2) is 0 Å².